The predicted molar refractivity (Wildman–Crippen MR) is 138 cm³/mol. The van der Waals surface area contributed by atoms with Crippen LogP contribution in [0.15, 0.2) is 60.7 Å². The highest BCUT2D eigenvalue weighted by molar-refractivity contribution is 7.92. The van der Waals surface area contributed by atoms with Gasteiger partial charge in [0.2, 0.25) is 15.9 Å². The number of amides is 1. The average molecular weight is 494 g/mol. The molecule has 182 valence electrons. The van der Waals surface area contributed by atoms with Crippen LogP contribution in [0.4, 0.5) is 11.4 Å². The molecule has 1 aromatic heterocycles. The van der Waals surface area contributed by atoms with Crippen LogP contribution in [-0.2, 0) is 21.4 Å². The Morgan fingerprint density at radius 1 is 1.00 bits per heavy atom. The van der Waals surface area contributed by atoms with E-state index in [-0.39, 0.29) is 0 Å². The van der Waals surface area contributed by atoms with E-state index in [9.17, 15) is 13.2 Å². The maximum absolute atomic E-state index is 13.2. The Bertz CT molecular complexity index is 1540. The number of ether oxygens (including phenoxy) is 2. The fourth-order valence-corrected chi connectivity index (χ4v) is 5.86. The van der Waals surface area contributed by atoms with Crippen molar-refractivity contribution < 1.29 is 22.7 Å². The van der Waals surface area contributed by atoms with Crippen molar-refractivity contribution in [2.45, 2.75) is 26.4 Å². The average Bonchev–Trinajstić information content (AvgIpc) is 3.16. The van der Waals surface area contributed by atoms with E-state index >= 15 is 0 Å². The van der Waals surface area contributed by atoms with E-state index in [1.807, 2.05) is 30.3 Å². The molecule has 2 heterocycles. The molecule has 0 fully saturated rings. The molecule has 3 aromatic carbocycles. The molecule has 0 saturated heterocycles. The Morgan fingerprint density at radius 3 is 2.46 bits per heavy atom. The number of carbonyl (C=O) groups excluding carboxylic acids is 1. The molecule has 0 saturated carbocycles. The summed E-state index contributed by atoms with van der Waals surface area (Å²) < 4.78 is 39.9. The Balaban J connectivity index is 1.46. The zero-order valence-electron chi connectivity index (χ0n) is 19.8. The number of nitrogens with one attached hydrogen (secondary N) is 1. The summed E-state index contributed by atoms with van der Waals surface area (Å²) in [5, 5.41) is 5.03. The number of hydrogen-bond donors (Lipinski definition) is 1. The number of aromatic nitrogens is 1. The molecule has 0 unspecified atom stereocenters. The second kappa shape index (κ2) is 8.81. The second-order valence-electron chi connectivity index (χ2n) is 8.55. The van der Waals surface area contributed by atoms with Gasteiger partial charge in [-0.05, 0) is 50.2 Å². The summed E-state index contributed by atoms with van der Waals surface area (Å²) in [5.41, 5.74) is 3.14. The smallest absolute Gasteiger partial charge is 0.247 e. The minimum absolute atomic E-state index is 0.334. The van der Waals surface area contributed by atoms with Crippen molar-refractivity contribution in [3.8, 4) is 11.5 Å². The normalized spacial score (nSPS) is 14.1. The van der Waals surface area contributed by atoms with Crippen molar-refractivity contribution in [2.24, 2.45) is 0 Å². The monoisotopic (exact) mass is 493 g/mol. The fourth-order valence-electron chi connectivity index (χ4n) is 4.70. The number of para-hydroxylation sites is 1. The third kappa shape index (κ3) is 4.16. The van der Waals surface area contributed by atoms with Gasteiger partial charge in [-0.25, -0.2) is 8.42 Å². The fraction of sp³-hybridized carbons (Fsp3) is 0.269. The molecule has 9 heteroatoms. The van der Waals surface area contributed by atoms with Crippen LogP contribution in [0.3, 0.4) is 0 Å². The highest BCUT2D eigenvalue weighted by atomic mass is 32.2. The van der Waals surface area contributed by atoms with E-state index in [2.05, 4.69) is 28.9 Å². The van der Waals surface area contributed by atoms with Crippen molar-refractivity contribution in [1.29, 1.82) is 0 Å². The molecule has 1 aliphatic rings. The SMILES string of the molecule is CCn1c2ccccc2c2cc(NC(=O)[C@@H](C)N(c3ccc4c(c3)OCCO4)S(C)(=O)=O)ccc21. The van der Waals surface area contributed by atoms with Gasteiger partial charge in [0.15, 0.2) is 11.5 Å². The Hall–Kier alpha value is -3.72. The number of anilines is 2. The lowest BCUT2D eigenvalue weighted by molar-refractivity contribution is -0.116. The summed E-state index contributed by atoms with van der Waals surface area (Å²) >= 11 is 0. The van der Waals surface area contributed by atoms with Crippen LogP contribution < -0.4 is 19.1 Å². The molecular weight excluding hydrogens is 466 g/mol. The van der Waals surface area contributed by atoms with Crippen LogP contribution in [0.5, 0.6) is 11.5 Å². The first-order chi connectivity index (χ1) is 16.8. The van der Waals surface area contributed by atoms with E-state index in [0.29, 0.717) is 36.1 Å². The highest BCUT2D eigenvalue weighted by Gasteiger charge is 2.30. The van der Waals surface area contributed by atoms with Crippen LogP contribution in [0.25, 0.3) is 21.8 Å². The summed E-state index contributed by atoms with van der Waals surface area (Å²) in [5.74, 6) is 0.557. The third-order valence-corrected chi connectivity index (χ3v) is 7.47. The minimum Gasteiger partial charge on any atom is -0.486 e. The first-order valence-electron chi connectivity index (χ1n) is 11.5. The molecule has 5 rings (SSSR count). The molecule has 0 aliphatic carbocycles. The molecule has 1 aliphatic heterocycles. The first-order valence-corrected chi connectivity index (χ1v) is 13.3. The maximum Gasteiger partial charge on any atom is 0.247 e. The molecule has 4 aromatic rings. The zero-order valence-corrected chi connectivity index (χ0v) is 20.6. The number of hydrogen-bond acceptors (Lipinski definition) is 5. The van der Waals surface area contributed by atoms with Crippen molar-refractivity contribution in [3.63, 3.8) is 0 Å². The molecule has 35 heavy (non-hydrogen) atoms. The maximum atomic E-state index is 13.2. The second-order valence-corrected chi connectivity index (χ2v) is 10.4. The number of fused-ring (bicyclic) bond motifs is 4. The van der Waals surface area contributed by atoms with Crippen LogP contribution in [-0.4, -0.2) is 44.4 Å². The van der Waals surface area contributed by atoms with Gasteiger partial charge in [-0.1, -0.05) is 18.2 Å². The van der Waals surface area contributed by atoms with E-state index in [0.717, 1.165) is 38.9 Å². The molecule has 1 N–H and O–H groups in total. The summed E-state index contributed by atoms with van der Waals surface area (Å²) in [7, 11) is -3.77. The van der Waals surface area contributed by atoms with Crippen LogP contribution in [0.1, 0.15) is 13.8 Å². The van der Waals surface area contributed by atoms with Crippen molar-refractivity contribution in [1.82, 2.24) is 4.57 Å². The molecule has 0 bridgehead atoms. The molecule has 0 radical (unpaired) electrons. The van der Waals surface area contributed by atoms with Crippen LogP contribution >= 0.6 is 0 Å². The highest BCUT2D eigenvalue weighted by Crippen LogP contribution is 2.36. The number of carbonyl (C=O) groups is 1. The quantitative estimate of drug-likeness (QED) is 0.431. The summed E-state index contributed by atoms with van der Waals surface area (Å²) in [4.78, 5) is 13.2. The Labute approximate surface area is 204 Å². The van der Waals surface area contributed by atoms with Gasteiger partial charge in [0.1, 0.15) is 19.3 Å². The Morgan fingerprint density at radius 2 is 1.71 bits per heavy atom. The van der Waals surface area contributed by atoms with Crippen molar-refractivity contribution >= 4 is 49.1 Å². The summed E-state index contributed by atoms with van der Waals surface area (Å²) in [6, 6.07) is 17.8. The standard InChI is InChI=1S/C26H27N3O5S/c1-4-28-22-8-6-5-7-20(22)21-15-18(9-11-23(21)28)27-26(30)17(2)29(35(3,31)32)19-10-12-24-25(16-19)34-14-13-33-24/h5-12,15-17H,4,13-14H2,1-3H3,(H,27,30)/t17-/m1/s1. The van der Waals surface area contributed by atoms with Gasteiger partial charge in [0.25, 0.3) is 0 Å². The minimum atomic E-state index is -3.77. The summed E-state index contributed by atoms with van der Waals surface area (Å²) in [6.07, 6.45) is 1.08. The predicted octanol–water partition coefficient (Wildman–Crippen LogP) is 4.38. The van der Waals surface area contributed by atoms with Crippen LogP contribution in [0, 0.1) is 0 Å². The summed E-state index contributed by atoms with van der Waals surface area (Å²) in [6.45, 7) is 5.30. The van der Waals surface area contributed by atoms with Gasteiger partial charge in [-0.3, -0.25) is 9.10 Å². The van der Waals surface area contributed by atoms with Gasteiger partial charge in [0, 0.05) is 40.1 Å². The van der Waals surface area contributed by atoms with E-state index in [1.54, 1.807) is 25.1 Å². The molecular formula is C26H27N3O5S. The molecule has 0 spiro atoms. The van der Waals surface area contributed by atoms with Gasteiger partial charge in [-0.2, -0.15) is 0 Å². The number of benzene rings is 3. The van der Waals surface area contributed by atoms with Crippen LogP contribution in [0.2, 0.25) is 0 Å². The van der Waals surface area contributed by atoms with Crippen molar-refractivity contribution in [2.75, 3.05) is 29.1 Å². The molecule has 1 amide bonds. The first kappa shape index (κ1) is 23.0. The lowest BCUT2D eigenvalue weighted by Crippen LogP contribution is -2.45. The molecule has 8 nitrogen and oxygen atoms in total. The zero-order chi connectivity index (χ0) is 24.7. The van der Waals surface area contributed by atoms with E-state index in [1.165, 1.54) is 0 Å². The molecule has 1 atom stereocenters. The van der Waals surface area contributed by atoms with Gasteiger partial charge >= 0.3 is 0 Å². The van der Waals surface area contributed by atoms with E-state index < -0.39 is 22.0 Å². The number of nitrogens with zero attached hydrogens (tertiary/aromatic N) is 2. The lowest BCUT2D eigenvalue weighted by atomic mass is 10.1. The van der Waals surface area contributed by atoms with Gasteiger partial charge in [0.05, 0.1) is 11.9 Å². The van der Waals surface area contributed by atoms with Crippen molar-refractivity contribution in [3.05, 3.63) is 60.7 Å². The Kier molecular flexibility index (Phi) is 5.80. The third-order valence-electron chi connectivity index (χ3n) is 6.22. The number of sulfonamides is 1. The van der Waals surface area contributed by atoms with Gasteiger partial charge in [-0.15, -0.1) is 0 Å². The largest absolute Gasteiger partial charge is 0.486 e. The number of rotatable bonds is 6. The lowest BCUT2D eigenvalue weighted by Gasteiger charge is -2.29. The number of aryl methyl sites for hydroxylation is 1. The van der Waals surface area contributed by atoms with Gasteiger partial charge < -0.3 is 19.4 Å². The topological polar surface area (TPSA) is 89.9 Å². The van der Waals surface area contributed by atoms with E-state index in [4.69, 9.17) is 9.47 Å².